The molecule has 2 unspecified atom stereocenters. The van der Waals surface area contributed by atoms with E-state index in [1.807, 2.05) is 0 Å². The molecule has 2 bridgehead atoms. The Morgan fingerprint density at radius 2 is 1.71 bits per heavy atom. The van der Waals surface area contributed by atoms with E-state index >= 15 is 0 Å². The molecular weight excluding hydrogens is 210 g/mol. The van der Waals surface area contributed by atoms with Crippen molar-refractivity contribution in [3.8, 4) is 0 Å². The van der Waals surface area contributed by atoms with E-state index < -0.39 is 0 Å². The van der Waals surface area contributed by atoms with Gasteiger partial charge in [-0.3, -0.25) is 4.90 Å². The first-order chi connectivity index (χ1) is 8.08. The van der Waals surface area contributed by atoms with Crippen molar-refractivity contribution in [3.63, 3.8) is 0 Å². The molecule has 0 aromatic heterocycles. The van der Waals surface area contributed by atoms with E-state index in [1.54, 1.807) is 0 Å². The standard InChI is InChI=1S/C14H27N3/c1-14(2)10-15-6-7-17(14)13-8-11-4-5-12(9-13)16(11)3/h11-13,15H,4-10H2,1-3H3. The van der Waals surface area contributed by atoms with Crippen LogP contribution in [-0.2, 0) is 0 Å². The SMILES string of the molecule is CN1C2CCC1CC(N1CCNCC1(C)C)C2. The lowest BCUT2D eigenvalue weighted by atomic mass is 9.90. The van der Waals surface area contributed by atoms with Gasteiger partial charge in [-0.1, -0.05) is 0 Å². The minimum atomic E-state index is 0.346. The molecule has 0 amide bonds. The van der Waals surface area contributed by atoms with Crippen molar-refractivity contribution in [2.75, 3.05) is 26.7 Å². The van der Waals surface area contributed by atoms with Gasteiger partial charge in [0.15, 0.2) is 0 Å². The first-order valence-electron chi connectivity index (χ1n) is 7.27. The van der Waals surface area contributed by atoms with Gasteiger partial charge < -0.3 is 10.2 Å². The van der Waals surface area contributed by atoms with Crippen LogP contribution in [0.4, 0.5) is 0 Å². The summed E-state index contributed by atoms with van der Waals surface area (Å²) in [7, 11) is 2.33. The van der Waals surface area contributed by atoms with Gasteiger partial charge in [0, 0.05) is 43.3 Å². The quantitative estimate of drug-likeness (QED) is 0.741. The smallest absolute Gasteiger partial charge is 0.0281 e. The van der Waals surface area contributed by atoms with Crippen LogP contribution in [0.25, 0.3) is 0 Å². The minimum absolute atomic E-state index is 0.346. The maximum absolute atomic E-state index is 3.54. The van der Waals surface area contributed by atoms with Gasteiger partial charge in [0.1, 0.15) is 0 Å². The van der Waals surface area contributed by atoms with E-state index in [1.165, 1.54) is 38.8 Å². The predicted molar refractivity (Wildman–Crippen MR) is 71.2 cm³/mol. The molecule has 1 N–H and O–H groups in total. The van der Waals surface area contributed by atoms with E-state index in [9.17, 15) is 0 Å². The van der Waals surface area contributed by atoms with Crippen molar-refractivity contribution < 1.29 is 0 Å². The molecule has 0 radical (unpaired) electrons. The highest BCUT2D eigenvalue weighted by Crippen LogP contribution is 2.38. The maximum Gasteiger partial charge on any atom is 0.0281 e. The molecule has 3 saturated heterocycles. The van der Waals surface area contributed by atoms with Gasteiger partial charge in [-0.15, -0.1) is 0 Å². The van der Waals surface area contributed by atoms with Crippen molar-refractivity contribution in [1.82, 2.24) is 15.1 Å². The third kappa shape index (κ3) is 2.02. The molecule has 0 saturated carbocycles. The molecule has 3 heterocycles. The van der Waals surface area contributed by atoms with Crippen LogP contribution in [0, 0.1) is 0 Å². The van der Waals surface area contributed by atoms with E-state index in [-0.39, 0.29) is 0 Å². The monoisotopic (exact) mass is 237 g/mol. The number of hydrogen-bond donors (Lipinski definition) is 1. The third-order valence-corrected chi connectivity index (χ3v) is 5.38. The summed E-state index contributed by atoms with van der Waals surface area (Å²) in [6.45, 7) is 8.36. The topological polar surface area (TPSA) is 18.5 Å². The van der Waals surface area contributed by atoms with Crippen LogP contribution in [0.1, 0.15) is 39.5 Å². The summed E-state index contributed by atoms with van der Waals surface area (Å²) < 4.78 is 0. The Morgan fingerprint density at radius 3 is 2.29 bits per heavy atom. The van der Waals surface area contributed by atoms with Crippen molar-refractivity contribution in [1.29, 1.82) is 0 Å². The number of hydrogen-bond acceptors (Lipinski definition) is 3. The lowest BCUT2D eigenvalue weighted by Crippen LogP contribution is -2.63. The zero-order valence-corrected chi connectivity index (χ0v) is 11.6. The second kappa shape index (κ2) is 4.22. The molecule has 0 spiro atoms. The molecule has 0 aliphatic carbocycles. The van der Waals surface area contributed by atoms with Gasteiger partial charge in [-0.25, -0.2) is 0 Å². The Bertz CT molecular complexity index is 275. The molecule has 98 valence electrons. The zero-order valence-electron chi connectivity index (χ0n) is 11.6. The van der Waals surface area contributed by atoms with E-state index in [4.69, 9.17) is 0 Å². The number of fused-ring (bicyclic) bond motifs is 2. The summed E-state index contributed by atoms with van der Waals surface area (Å²) in [4.78, 5) is 5.44. The molecule has 0 aromatic carbocycles. The summed E-state index contributed by atoms with van der Waals surface area (Å²) in [6, 6.07) is 2.56. The highest BCUT2D eigenvalue weighted by atomic mass is 15.3. The van der Waals surface area contributed by atoms with Crippen LogP contribution in [0.2, 0.25) is 0 Å². The van der Waals surface area contributed by atoms with Gasteiger partial charge in [-0.2, -0.15) is 0 Å². The van der Waals surface area contributed by atoms with Crippen LogP contribution in [0.15, 0.2) is 0 Å². The second-order valence-corrected chi connectivity index (χ2v) is 6.86. The number of rotatable bonds is 1. The molecule has 17 heavy (non-hydrogen) atoms. The van der Waals surface area contributed by atoms with Crippen LogP contribution in [-0.4, -0.2) is 60.1 Å². The number of nitrogens with zero attached hydrogens (tertiary/aromatic N) is 2. The minimum Gasteiger partial charge on any atom is -0.314 e. The summed E-state index contributed by atoms with van der Waals surface area (Å²) in [5.41, 5.74) is 0.346. The van der Waals surface area contributed by atoms with Crippen LogP contribution >= 0.6 is 0 Å². The molecule has 3 aliphatic rings. The molecular formula is C14H27N3. The fraction of sp³-hybridized carbons (Fsp3) is 1.00. The third-order valence-electron chi connectivity index (χ3n) is 5.38. The van der Waals surface area contributed by atoms with Crippen molar-refractivity contribution in [2.24, 2.45) is 0 Å². The van der Waals surface area contributed by atoms with Gasteiger partial charge in [0.25, 0.3) is 0 Å². The predicted octanol–water partition coefficient (Wildman–Crippen LogP) is 1.30. The molecule has 2 atom stereocenters. The highest BCUT2D eigenvalue weighted by molar-refractivity contribution is 5.01. The summed E-state index contributed by atoms with van der Waals surface area (Å²) in [6.07, 6.45) is 5.67. The van der Waals surface area contributed by atoms with Gasteiger partial charge >= 0.3 is 0 Å². The van der Waals surface area contributed by atoms with Crippen molar-refractivity contribution in [2.45, 2.75) is 63.2 Å². The lowest BCUT2D eigenvalue weighted by Gasteiger charge is -2.51. The fourth-order valence-corrected chi connectivity index (χ4v) is 4.31. The second-order valence-electron chi connectivity index (χ2n) is 6.86. The number of nitrogens with one attached hydrogen (secondary N) is 1. The van der Waals surface area contributed by atoms with Crippen molar-refractivity contribution in [3.05, 3.63) is 0 Å². The molecule has 0 aromatic rings. The molecule has 3 heteroatoms. The Kier molecular flexibility index (Phi) is 2.96. The van der Waals surface area contributed by atoms with Gasteiger partial charge in [-0.05, 0) is 46.6 Å². The highest BCUT2D eigenvalue weighted by Gasteiger charge is 2.43. The average molecular weight is 237 g/mol. The Balaban J connectivity index is 1.73. The Hall–Kier alpha value is -0.120. The summed E-state index contributed by atoms with van der Waals surface area (Å²) >= 11 is 0. The Labute approximate surface area is 106 Å². The number of piperazine rings is 1. The Morgan fingerprint density at radius 1 is 1.06 bits per heavy atom. The molecule has 3 fully saturated rings. The van der Waals surface area contributed by atoms with E-state index in [2.05, 4.69) is 36.0 Å². The van der Waals surface area contributed by atoms with E-state index in [0.29, 0.717) is 5.54 Å². The largest absolute Gasteiger partial charge is 0.314 e. The van der Waals surface area contributed by atoms with Gasteiger partial charge in [0.05, 0.1) is 0 Å². The molecule has 3 aliphatic heterocycles. The molecule has 3 nitrogen and oxygen atoms in total. The fourth-order valence-electron chi connectivity index (χ4n) is 4.31. The first-order valence-corrected chi connectivity index (χ1v) is 7.27. The maximum atomic E-state index is 3.54. The lowest BCUT2D eigenvalue weighted by molar-refractivity contribution is -0.00120. The molecule has 3 rings (SSSR count). The summed E-state index contributed by atoms with van der Waals surface area (Å²) in [5.74, 6) is 0. The number of piperidine rings is 1. The summed E-state index contributed by atoms with van der Waals surface area (Å²) in [5, 5.41) is 3.54. The van der Waals surface area contributed by atoms with Crippen LogP contribution in [0.3, 0.4) is 0 Å². The van der Waals surface area contributed by atoms with Crippen LogP contribution in [0.5, 0.6) is 0 Å². The van der Waals surface area contributed by atoms with Crippen LogP contribution < -0.4 is 5.32 Å². The average Bonchev–Trinajstić information content (AvgIpc) is 2.52. The van der Waals surface area contributed by atoms with Gasteiger partial charge in [0.2, 0.25) is 0 Å². The normalized spacial score (nSPS) is 42.9. The zero-order chi connectivity index (χ0) is 12.0. The van der Waals surface area contributed by atoms with Crippen molar-refractivity contribution >= 4 is 0 Å². The van der Waals surface area contributed by atoms with E-state index in [0.717, 1.165) is 24.7 Å². The first kappa shape index (κ1) is 11.9.